The second-order valence-electron chi connectivity index (χ2n) is 2.50. The summed E-state index contributed by atoms with van der Waals surface area (Å²) in [6.07, 6.45) is 1.85. The van der Waals surface area contributed by atoms with E-state index in [1.54, 1.807) is 0 Å². The van der Waals surface area contributed by atoms with Crippen LogP contribution in [-0.4, -0.2) is 4.32 Å². The number of hydrogen-bond donors (Lipinski definition) is 1. The largest absolute Gasteiger partial charge is 0.385 e. The highest BCUT2D eigenvalue weighted by Gasteiger charge is 2.07. The molecule has 1 unspecified atom stereocenters. The molecule has 2 N–H and O–H groups in total. The summed E-state index contributed by atoms with van der Waals surface area (Å²) in [5.41, 5.74) is 6.63. The van der Waals surface area contributed by atoms with Crippen LogP contribution in [0.2, 0.25) is 0 Å². The van der Waals surface area contributed by atoms with Crippen molar-refractivity contribution in [3.63, 3.8) is 0 Å². The normalized spacial score (nSPS) is 12.0. The van der Waals surface area contributed by atoms with Crippen LogP contribution in [0.1, 0.15) is 10.8 Å². The van der Waals surface area contributed by atoms with Gasteiger partial charge in [-0.2, -0.15) is 0 Å². The number of benzene rings is 1. The summed E-state index contributed by atoms with van der Waals surface area (Å²) in [5.74, 6) is 0. The van der Waals surface area contributed by atoms with Crippen LogP contribution in [0.15, 0.2) is 43.0 Å². The quantitative estimate of drug-likeness (QED) is 0.612. The first-order valence-corrected chi connectivity index (χ1v) is 5.16. The number of nitrogens with two attached hydrogens (primary N) is 1. The molecule has 1 nitrogen and oxygen atoms in total. The summed E-state index contributed by atoms with van der Waals surface area (Å²) in [7, 11) is 0. The third kappa shape index (κ3) is 3.20. The Hall–Kier alpha value is -0.800. The molecule has 0 aromatic heterocycles. The molecule has 0 fully saturated rings. The van der Waals surface area contributed by atoms with Crippen LogP contribution in [0.4, 0.5) is 0 Å². The molecule has 68 valence electrons. The van der Waals surface area contributed by atoms with E-state index in [1.807, 2.05) is 36.4 Å². The average molecular weight is 209 g/mol. The molecule has 0 aliphatic carbocycles. The summed E-state index contributed by atoms with van der Waals surface area (Å²) in [5, 5.41) is 0.165. The minimum absolute atomic E-state index is 0.165. The third-order valence-corrected chi connectivity index (χ3v) is 2.82. The van der Waals surface area contributed by atoms with Crippen LogP contribution in [0.3, 0.4) is 0 Å². The van der Waals surface area contributed by atoms with Gasteiger partial charge in [-0.3, -0.25) is 0 Å². The maximum absolute atomic E-state index is 5.45. The molecule has 0 radical (unpaired) electrons. The topological polar surface area (TPSA) is 26.0 Å². The molecule has 0 spiro atoms. The Bertz CT molecular complexity index is 295. The van der Waals surface area contributed by atoms with E-state index in [9.17, 15) is 0 Å². The molecule has 0 heterocycles. The van der Waals surface area contributed by atoms with Crippen LogP contribution >= 0.6 is 24.0 Å². The van der Waals surface area contributed by atoms with Gasteiger partial charge in [0.05, 0.1) is 5.25 Å². The molecule has 1 aromatic carbocycles. The van der Waals surface area contributed by atoms with Crippen molar-refractivity contribution in [3.05, 3.63) is 48.6 Å². The van der Waals surface area contributed by atoms with Gasteiger partial charge in [0, 0.05) is 0 Å². The van der Waals surface area contributed by atoms with Crippen molar-refractivity contribution in [3.8, 4) is 0 Å². The first kappa shape index (κ1) is 10.3. The molecule has 0 aliphatic rings. The van der Waals surface area contributed by atoms with Crippen LogP contribution in [0.5, 0.6) is 0 Å². The zero-order valence-corrected chi connectivity index (χ0v) is 8.78. The van der Waals surface area contributed by atoms with Gasteiger partial charge in [0.15, 0.2) is 0 Å². The first-order valence-electron chi connectivity index (χ1n) is 3.87. The van der Waals surface area contributed by atoms with Crippen molar-refractivity contribution in [2.45, 2.75) is 5.25 Å². The lowest BCUT2D eigenvalue weighted by Crippen LogP contribution is -2.04. The van der Waals surface area contributed by atoms with Gasteiger partial charge in [-0.15, -0.1) is 6.58 Å². The highest BCUT2D eigenvalue weighted by Crippen LogP contribution is 2.29. The first-order chi connectivity index (χ1) is 6.24. The summed E-state index contributed by atoms with van der Waals surface area (Å²) in [6.45, 7) is 3.75. The SMILES string of the molecule is C=CC(SC(N)=S)c1ccccc1. The molecular weight excluding hydrogens is 198 g/mol. The van der Waals surface area contributed by atoms with Gasteiger partial charge in [-0.25, -0.2) is 0 Å². The number of rotatable bonds is 3. The zero-order valence-electron chi connectivity index (χ0n) is 7.14. The van der Waals surface area contributed by atoms with Gasteiger partial charge in [-0.1, -0.05) is 60.4 Å². The number of hydrogen-bond acceptors (Lipinski definition) is 2. The molecule has 0 aliphatic heterocycles. The summed E-state index contributed by atoms with van der Waals surface area (Å²) in [6, 6.07) is 10.0. The predicted molar refractivity (Wildman–Crippen MR) is 63.8 cm³/mol. The van der Waals surface area contributed by atoms with Crippen molar-refractivity contribution >= 4 is 28.3 Å². The molecule has 1 atom stereocenters. The molecule has 0 bridgehead atoms. The van der Waals surface area contributed by atoms with E-state index in [-0.39, 0.29) is 5.25 Å². The number of thioether (sulfide) groups is 1. The fourth-order valence-corrected chi connectivity index (χ4v) is 1.97. The zero-order chi connectivity index (χ0) is 9.68. The van der Waals surface area contributed by atoms with Crippen molar-refractivity contribution < 1.29 is 0 Å². The predicted octanol–water partition coefficient (Wildman–Crippen LogP) is 2.89. The minimum atomic E-state index is 0.165. The molecule has 3 heteroatoms. The smallest absolute Gasteiger partial charge is 0.132 e. The van der Waals surface area contributed by atoms with Crippen LogP contribution in [0, 0.1) is 0 Å². The lowest BCUT2D eigenvalue weighted by Gasteiger charge is -2.10. The van der Waals surface area contributed by atoms with E-state index < -0.39 is 0 Å². The Balaban J connectivity index is 2.78. The van der Waals surface area contributed by atoms with Gasteiger partial charge in [-0.05, 0) is 5.56 Å². The van der Waals surface area contributed by atoms with E-state index in [2.05, 4.69) is 6.58 Å². The van der Waals surface area contributed by atoms with Crippen LogP contribution in [0.25, 0.3) is 0 Å². The van der Waals surface area contributed by atoms with E-state index in [0.29, 0.717) is 4.32 Å². The van der Waals surface area contributed by atoms with E-state index in [1.165, 1.54) is 17.3 Å². The van der Waals surface area contributed by atoms with Gasteiger partial charge in [0.2, 0.25) is 0 Å². The van der Waals surface area contributed by atoms with Crippen LogP contribution in [-0.2, 0) is 0 Å². The maximum atomic E-state index is 5.45. The molecule has 0 saturated carbocycles. The molecular formula is C10H11NS2. The lowest BCUT2D eigenvalue weighted by molar-refractivity contribution is 1.24. The molecule has 0 saturated heterocycles. The maximum Gasteiger partial charge on any atom is 0.132 e. The second-order valence-corrected chi connectivity index (χ2v) is 4.39. The Morgan fingerprint density at radius 2 is 2.08 bits per heavy atom. The third-order valence-electron chi connectivity index (χ3n) is 1.59. The van der Waals surface area contributed by atoms with Gasteiger partial charge < -0.3 is 5.73 Å². The second kappa shape index (κ2) is 5.04. The summed E-state index contributed by atoms with van der Waals surface area (Å²) >= 11 is 6.27. The summed E-state index contributed by atoms with van der Waals surface area (Å²) in [4.78, 5) is 0. The standard InChI is InChI=1S/C10H11NS2/c1-2-9(13-10(11)12)8-6-4-3-5-7-8/h2-7,9H,1H2,(H2,11,12). The van der Waals surface area contributed by atoms with Crippen molar-refractivity contribution in [1.82, 2.24) is 0 Å². The Labute approximate surface area is 88.0 Å². The van der Waals surface area contributed by atoms with E-state index >= 15 is 0 Å². The monoisotopic (exact) mass is 209 g/mol. The Morgan fingerprint density at radius 3 is 2.54 bits per heavy atom. The van der Waals surface area contributed by atoms with E-state index in [0.717, 1.165) is 0 Å². The minimum Gasteiger partial charge on any atom is -0.385 e. The fraction of sp³-hybridized carbons (Fsp3) is 0.100. The molecule has 1 aromatic rings. The highest BCUT2D eigenvalue weighted by atomic mass is 32.2. The molecule has 0 amide bonds. The van der Waals surface area contributed by atoms with Crippen LogP contribution < -0.4 is 5.73 Å². The molecule has 13 heavy (non-hydrogen) atoms. The van der Waals surface area contributed by atoms with Gasteiger partial charge >= 0.3 is 0 Å². The number of thiocarbonyl (C=S) groups is 1. The van der Waals surface area contributed by atoms with Crippen molar-refractivity contribution in [2.75, 3.05) is 0 Å². The van der Waals surface area contributed by atoms with Gasteiger partial charge in [0.1, 0.15) is 4.32 Å². The van der Waals surface area contributed by atoms with E-state index in [4.69, 9.17) is 18.0 Å². The Kier molecular flexibility index (Phi) is 3.99. The summed E-state index contributed by atoms with van der Waals surface area (Å²) < 4.78 is 0.453. The Morgan fingerprint density at radius 1 is 1.46 bits per heavy atom. The van der Waals surface area contributed by atoms with Crippen molar-refractivity contribution in [1.29, 1.82) is 0 Å². The highest BCUT2D eigenvalue weighted by molar-refractivity contribution is 8.23. The fourth-order valence-electron chi connectivity index (χ4n) is 1.02. The van der Waals surface area contributed by atoms with Gasteiger partial charge in [0.25, 0.3) is 0 Å². The van der Waals surface area contributed by atoms with Crippen molar-refractivity contribution in [2.24, 2.45) is 5.73 Å². The lowest BCUT2D eigenvalue weighted by atomic mass is 10.1. The molecule has 1 rings (SSSR count). The average Bonchev–Trinajstić information content (AvgIpc) is 2.15.